The van der Waals surface area contributed by atoms with E-state index in [4.69, 9.17) is 0 Å². The lowest BCUT2D eigenvalue weighted by Crippen LogP contribution is -2.41. The van der Waals surface area contributed by atoms with E-state index < -0.39 is 16.3 Å². The van der Waals surface area contributed by atoms with Crippen LogP contribution in [0.4, 0.5) is 0 Å². The van der Waals surface area contributed by atoms with E-state index in [0.717, 1.165) is 12.0 Å². The Bertz CT molecular complexity index is 462. The fourth-order valence-corrected chi connectivity index (χ4v) is 2.61. The Kier molecular flexibility index (Phi) is 6.44. The minimum absolute atomic E-state index is 0.0509. The second-order valence-electron chi connectivity index (χ2n) is 4.54. The van der Waals surface area contributed by atoms with Crippen molar-refractivity contribution in [2.24, 2.45) is 0 Å². The third-order valence-corrected chi connectivity index (χ3v) is 4.26. The first-order valence-corrected chi connectivity index (χ1v) is 7.82. The molecule has 19 heavy (non-hydrogen) atoms. The van der Waals surface area contributed by atoms with Crippen molar-refractivity contribution in [1.82, 2.24) is 9.03 Å². The van der Waals surface area contributed by atoms with Crippen LogP contribution >= 0.6 is 0 Å². The van der Waals surface area contributed by atoms with E-state index in [1.807, 2.05) is 37.3 Å². The topological polar surface area (TPSA) is 69.6 Å². The summed E-state index contributed by atoms with van der Waals surface area (Å²) >= 11 is 0. The molecule has 0 radical (unpaired) electrons. The van der Waals surface area contributed by atoms with Gasteiger partial charge in [0.1, 0.15) is 0 Å². The van der Waals surface area contributed by atoms with Crippen LogP contribution in [-0.2, 0) is 16.8 Å². The Hall–Kier alpha value is -0.950. The molecule has 0 spiro atoms. The number of nitrogens with one attached hydrogen (secondary N) is 1. The molecule has 0 aliphatic carbocycles. The molecule has 0 fully saturated rings. The molecule has 0 aliphatic rings. The molecular weight excluding hydrogens is 264 g/mol. The van der Waals surface area contributed by atoms with Crippen molar-refractivity contribution in [3.05, 3.63) is 35.9 Å². The summed E-state index contributed by atoms with van der Waals surface area (Å²) in [5.74, 6) is 0. The predicted octanol–water partition coefficient (Wildman–Crippen LogP) is 1.11. The van der Waals surface area contributed by atoms with Crippen molar-refractivity contribution in [3.63, 3.8) is 0 Å². The van der Waals surface area contributed by atoms with Gasteiger partial charge < -0.3 is 5.11 Å². The zero-order valence-electron chi connectivity index (χ0n) is 11.4. The van der Waals surface area contributed by atoms with Crippen molar-refractivity contribution in [3.8, 4) is 0 Å². The molecule has 1 aromatic rings. The molecule has 0 bridgehead atoms. The molecule has 0 aliphatic heterocycles. The molecular formula is C13H22N2O3S. The summed E-state index contributed by atoms with van der Waals surface area (Å²) < 4.78 is 27.5. The SMILES string of the molecule is CCCC(O)CNS(=O)(=O)N(C)Cc1ccccc1. The van der Waals surface area contributed by atoms with Crippen LogP contribution in [0.3, 0.4) is 0 Å². The number of aliphatic hydroxyl groups is 1. The Morgan fingerprint density at radius 3 is 2.53 bits per heavy atom. The number of benzene rings is 1. The van der Waals surface area contributed by atoms with E-state index in [2.05, 4.69) is 4.72 Å². The highest BCUT2D eigenvalue weighted by Crippen LogP contribution is 2.06. The fourth-order valence-electron chi connectivity index (χ4n) is 1.67. The number of hydrogen-bond donors (Lipinski definition) is 2. The maximum atomic E-state index is 11.9. The van der Waals surface area contributed by atoms with Crippen molar-refractivity contribution in [2.75, 3.05) is 13.6 Å². The molecule has 1 aromatic carbocycles. The van der Waals surface area contributed by atoms with Crippen LogP contribution in [0, 0.1) is 0 Å². The molecule has 0 heterocycles. The number of rotatable bonds is 8. The third kappa shape index (κ3) is 5.69. The van der Waals surface area contributed by atoms with Crippen LogP contribution < -0.4 is 4.72 Å². The van der Waals surface area contributed by atoms with Gasteiger partial charge in [0.25, 0.3) is 10.2 Å². The second kappa shape index (κ2) is 7.59. The summed E-state index contributed by atoms with van der Waals surface area (Å²) in [6, 6.07) is 9.37. The fraction of sp³-hybridized carbons (Fsp3) is 0.538. The molecule has 0 amide bonds. The van der Waals surface area contributed by atoms with Crippen molar-refractivity contribution in [1.29, 1.82) is 0 Å². The van der Waals surface area contributed by atoms with Gasteiger partial charge in [0.2, 0.25) is 0 Å². The van der Waals surface area contributed by atoms with E-state index in [0.29, 0.717) is 13.0 Å². The van der Waals surface area contributed by atoms with E-state index in [1.165, 1.54) is 11.4 Å². The smallest absolute Gasteiger partial charge is 0.279 e. The van der Waals surface area contributed by atoms with Gasteiger partial charge in [0, 0.05) is 20.1 Å². The molecule has 1 atom stereocenters. The zero-order chi connectivity index (χ0) is 14.3. The molecule has 0 saturated carbocycles. The highest BCUT2D eigenvalue weighted by Gasteiger charge is 2.18. The first kappa shape index (κ1) is 16.1. The third-order valence-electron chi connectivity index (χ3n) is 2.78. The van der Waals surface area contributed by atoms with Crippen LogP contribution in [0.15, 0.2) is 30.3 Å². The molecule has 2 N–H and O–H groups in total. The summed E-state index contributed by atoms with van der Waals surface area (Å²) in [6.07, 6.45) is 0.776. The van der Waals surface area contributed by atoms with Crippen molar-refractivity contribution >= 4 is 10.2 Å². The zero-order valence-corrected chi connectivity index (χ0v) is 12.2. The highest BCUT2D eigenvalue weighted by atomic mass is 32.2. The van der Waals surface area contributed by atoms with Crippen molar-refractivity contribution in [2.45, 2.75) is 32.4 Å². The highest BCUT2D eigenvalue weighted by molar-refractivity contribution is 7.87. The van der Waals surface area contributed by atoms with E-state index in [9.17, 15) is 13.5 Å². The van der Waals surface area contributed by atoms with Gasteiger partial charge in [-0.05, 0) is 12.0 Å². The summed E-state index contributed by atoms with van der Waals surface area (Å²) in [4.78, 5) is 0. The van der Waals surface area contributed by atoms with E-state index >= 15 is 0 Å². The first-order valence-electron chi connectivity index (χ1n) is 6.38. The molecule has 6 heteroatoms. The summed E-state index contributed by atoms with van der Waals surface area (Å²) in [5.41, 5.74) is 0.921. The lowest BCUT2D eigenvalue weighted by atomic mass is 10.2. The minimum Gasteiger partial charge on any atom is -0.392 e. The predicted molar refractivity (Wildman–Crippen MR) is 75.7 cm³/mol. The molecule has 1 unspecified atom stereocenters. The summed E-state index contributed by atoms with van der Waals surface area (Å²) in [5, 5.41) is 9.54. The van der Waals surface area contributed by atoms with Gasteiger partial charge in [0.05, 0.1) is 6.10 Å². The van der Waals surface area contributed by atoms with Crippen LogP contribution in [-0.4, -0.2) is 37.5 Å². The maximum absolute atomic E-state index is 11.9. The van der Waals surface area contributed by atoms with Crippen LogP contribution in [0.1, 0.15) is 25.3 Å². The van der Waals surface area contributed by atoms with Gasteiger partial charge in [-0.2, -0.15) is 17.4 Å². The average Bonchev–Trinajstić information content (AvgIpc) is 2.38. The Balaban J connectivity index is 2.52. The number of nitrogens with zero attached hydrogens (tertiary/aromatic N) is 1. The van der Waals surface area contributed by atoms with Gasteiger partial charge in [-0.25, -0.2) is 0 Å². The normalized spacial score (nSPS) is 13.7. The average molecular weight is 286 g/mol. The molecule has 5 nitrogen and oxygen atoms in total. The summed E-state index contributed by atoms with van der Waals surface area (Å²) in [6.45, 7) is 2.30. The Labute approximate surface area is 115 Å². The van der Waals surface area contributed by atoms with Gasteiger partial charge in [-0.1, -0.05) is 43.7 Å². The monoisotopic (exact) mass is 286 g/mol. The maximum Gasteiger partial charge on any atom is 0.279 e. The molecule has 1 rings (SSSR count). The van der Waals surface area contributed by atoms with E-state index in [1.54, 1.807) is 0 Å². The summed E-state index contributed by atoms with van der Waals surface area (Å²) in [7, 11) is -2.03. The quantitative estimate of drug-likeness (QED) is 0.752. The van der Waals surface area contributed by atoms with Crippen LogP contribution in [0.5, 0.6) is 0 Å². The molecule has 0 saturated heterocycles. The molecule has 108 valence electrons. The van der Waals surface area contributed by atoms with E-state index in [-0.39, 0.29) is 6.54 Å². The van der Waals surface area contributed by atoms with Crippen LogP contribution in [0.2, 0.25) is 0 Å². The van der Waals surface area contributed by atoms with Gasteiger partial charge in [-0.3, -0.25) is 0 Å². The largest absolute Gasteiger partial charge is 0.392 e. The van der Waals surface area contributed by atoms with Gasteiger partial charge >= 0.3 is 0 Å². The van der Waals surface area contributed by atoms with Crippen LogP contribution in [0.25, 0.3) is 0 Å². The molecule has 0 aromatic heterocycles. The minimum atomic E-state index is -3.55. The van der Waals surface area contributed by atoms with Gasteiger partial charge in [-0.15, -0.1) is 0 Å². The Morgan fingerprint density at radius 2 is 1.95 bits per heavy atom. The Morgan fingerprint density at radius 1 is 1.32 bits per heavy atom. The second-order valence-corrected chi connectivity index (χ2v) is 6.40. The number of hydrogen-bond acceptors (Lipinski definition) is 3. The lowest BCUT2D eigenvalue weighted by molar-refractivity contribution is 0.166. The standard InChI is InChI=1S/C13H22N2O3S/c1-3-7-13(16)10-14-19(17,18)15(2)11-12-8-5-4-6-9-12/h4-6,8-9,13-14,16H,3,7,10-11H2,1-2H3. The van der Waals surface area contributed by atoms with Gasteiger partial charge in [0.15, 0.2) is 0 Å². The van der Waals surface area contributed by atoms with Crippen molar-refractivity contribution < 1.29 is 13.5 Å². The number of aliphatic hydroxyl groups excluding tert-OH is 1. The first-order chi connectivity index (χ1) is 8.95. The lowest BCUT2D eigenvalue weighted by Gasteiger charge is -2.19.